The molecule has 3 heterocycles. The summed E-state index contributed by atoms with van der Waals surface area (Å²) in [6.07, 6.45) is 2.55. The van der Waals surface area contributed by atoms with Crippen molar-refractivity contribution in [2.75, 3.05) is 26.7 Å². The molecule has 1 aromatic heterocycles. The lowest BCUT2D eigenvalue weighted by Gasteiger charge is -2.29. The Hall–Kier alpha value is -0.910. The number of likely N-dealkylation sites (tertiary alicyclic amines) is 1. The maximum absolute atomic E-state index is 12.0. The first kappa shape index (κ1) is 12.1. The molecule has 0 spiro atoms. The molecule has 98 valence electrons. The van der Waals surface area contributed by atoms with E-state index in [-0.39, 0.29) is 12.1 Å². The number of carbonyl (C=O) groups excluding carboxylic acids is 1. The van der Waals surface area contributed by atoms with E-state index in [1.165, 1.54) is 17.7 Å². The predicted octanol–water partition coefficient (Wildman–Crippen LogP) is 1.27. The Kier molecular flexibility index (Phi) is 3.37. The number of hydrogen-bond acceptors (Lipinski definition) is 4. The maximum atomic E-state index is 12.0. The number of nitrogens with one attached hydrogen (secondary N) is 1. The second-order valence-electron chi connectivity index (χ2n) is 5.12. The standard InChI is InChI=1S/C13H19N3OS/c1-15-6-2-4-10(15)9-16-12(17)8-14-13(16)11-5-3-7-18-11/h3,5,7,10,13-14H,2,4,6,8-9H2,1H3. The number of carbonyl (C=O) groups is 1. The van der Waals surface area contributed by atoms with E-state index >= 15 is 0 Å². The van der Waals surface area contributed by atoms with Crippen LogP contribution in [0.3, 0.4) is 0 Å². The minimum Gasteiger partial charge on any atom is -0.319 e. The SMILES string of the molecule is CN1CCCC1CN1C(=O)CNC1c1cccs1. The smallest absolute Gasteiger partial charge is 0.238 e. The van der Waals surface area contributed by atoms with Gasteiger partial charge in [-0.1, -0.05) is 6.07 Å². The van der Waals surface area contributed by atoms with Crippen LogP contribution in [0, 0.1) is 0 Å². The Labute approximate surface area is 112 Å². The number of likely N-dealkylation sites (N-methyl/N-ethyl adjacent to an activating group) is 1. The summed E-state index contributed by atoms with van der Waals surface area (Å²) in [6.45, 7) is 2.48. The third kappa shape index (κ3) is 2.18. The Bertz CT molecular complexity index is 420. The van der Waals surface area contributed by atoms with Gasteiger partial charge in [-0.15, -0.1) is 11.3 Å². The third-order valence-corrected chi connectivity index (χ3v) is 4.90. The van der Waals surface area contributed by atoms with E-state index in [1.54, 1.807) is 11.3 Å². The largest absolute Gasteiger partial charge is 0.319 e. The van der Waals surface area contributed by atoms with Crippen molar-refractivity contribution in [1.29, 1.82) is 0 Å². The molecule has 0 bridgehead atoms. The van der Waals surface area contributed by atoms with Gasteiger partial charge < -0.3 is 9.80 Å². The molecule has 5 heteroatoms. The lowest BCUT2D eigenvalue weighted by molar-refractivity contribution is -0.128. The van der Waals surface area contributed by atoms with Crippen molar-refractivity contribution in [3.05, 3.63) is 22.4 Å². The van der Waals surface area contributed by atoms with Gasteiger partial charge in [0.1, 0.15) is 6.17 Å². The van der Waals surface area contributed by atoms with Gasteiger partial charge in [0.15, 0.2) is 0 Å². The zero-order valence-corrected chi connectivity index (χ0v) is 11.4. The molecule has 2 unspecified atom stereocenters. The average Bonchev–Trinajstić information content (AvgIpc) is 3.04. The van der Waals surface area contributed by atoms with Gasteiger partial charge in [0, 0.05) is 17.5 Å². The van der Waals surface area contributed by atoms with Crippen molar-refractivity contribution in [3.8, 4) is 0 Å². The van der Waals surface area contributed by atoms with Gasteiger partial charge in [0.25, 0.3) is 0 Å². The van der Waals surface area contributed by atoms with Gasteiger partial charge >= 0.3 is 0 Å². The topological polar surface area (TPSA) is 35.6 Å². The number of rotatable bonds is 3. The molecule has 2 saturated heterocycles. The lowest BCUT2D eigenvalue weighted by atomic mass is 10.2. The highest BCUT2D eigenvalue weighted by molar-refractivity contribution is 7.10. The van der Waals surface area contributed by atoms with Gasteiger partial charge in [-0.3, -0.25) is 10.1 Å². The minimum absolute atomic E-state index is 0.0894. The molecule has 0 radical (unpaired) electrons. The molecule has 0 saturated carbocycles. The monoisotopic (exact) mass is 265 g/mol. The van der Waals surface area contributed by atoms with Crippen LogP contribution in [0.1, 0.15) is 23.9 Å². The van der Waals surface area contributed by atoms with Crippen molar-refractivity contribution < 1.29 is 4.79 Å². The molecular formula is C13H19N3OS. The van der Waals surface area contributed by atoms with E-state index in [1.807, 2.05) is 11.0 Å². The Morgan fingerprint density at radius 2 is 2.44 bits per heavy atom. The molecule has 0 aromatic carbocycles. The molecule has 1 N–H and O–H groups in total. The summed E-state index contributed by atoms with van der Waals surface area (Å²) < 4.78 is 0. The van der Waals surface area contributed by atoms with Gasteiger partial charge in [-0.25, -0.2) is 0 Å². The summed E-state index contributed by atoms with van der Waals surface area (Å²) in [4.78, 5) is 17.6. The van der Waals surface area contributed by atoms with Crippen LogP contribution in [0.25, 0.3) is 0 Å². The summed E-state index contributed by atoms with van der Waals surface area (Å²) in [7, 11) is 2.16. The van der Waals surface area contributed by atoms with Crippen LogP contribution in [-0.4, -0.2) is 48.4 Å². The number of amides is 1. The fourth-order valence-corrected chi connectivity index (χ4v) is 3.70. The van der Waals surface area contributed by atoms with Gasteiger partial charge in [-0.2, -0.15) is 0 Å². The van der Waals surface area contributed by atoms with Crippen LogP contribution in [0.5, 0.6) is 0 Å². The first-order valence-corrected chi connectivity index (χ1v) is 7.40. The van der Waals surface area contributed by atoms with Crippen LogP contribution in [0.2, 0.25) is 0 Å². The van der Waals surface area contributed by atoms with Crippen molar-refractivity contribution in [2.45, 2.75) is 25.0 Å². The van der Waals surface area contributed by atoms with Crippen LogP contribution in [-0.2, 0) is 4.79 Å². The fraction of sp³-hybridized carbons (Fsp3) is 0.615. The van der Waals surface area contributed by atoms with Crippen LogP contribution in [0.4, 0.5) is 0 Å². The molecule has 1 amide bonds. The van der Waals surface area contributed by atoms with Crippen LogP contribution < -0.4 is 5.32 Å². The van der Waals surface area contributed by atoms with E-state index in [0.29, 0.717) is 12.6 Å². The van der Waals surface area contributed by atoms with Crippen molar-refractivity contribution in [1.82, 2.24) is 15.1 Å². The van der Waals surface area contributed by atoms with Crippen molar-refractivity contribution >= 4 is 17.2 Å². The molecular weight excluding hydrogens is 246 g/mol. The van der Waals surface area contributed by atoms with Gasteiger partial charge in [-0.05, 0) is 37.9 Å². The molecule has 0 aliphatic carbocycles. The van der Waals surface area contributed by atoms with Crippen LogP contribution >= 0.6 is 11.3 Å². The highest BCUT2D eigenvalue weighted by atomic mass is 32.1. The molecule has 18 heavy (non-hydrogen) atoms. The van der Waals surface area contributed by atoms with E-state index < -0.39 is 0 Å². The maximum Gasteiger partial charge on any atom is 0.238 e. The summed E-state index contributed by atoms with van der Waals surface area (Å²) in [5.41, 5.74) is 0. The first-order chi connectivity index (χ1) is 8.75. The molecule has 2 atom stereocenters. The summed E-state index contributed by atoms with van der Waals surface area (Å²) in [5.74, 6) is 0.230. The second kappa shape index (κ2) is 4.99. The summed E-state index contributed by atoms with van der Waals surface area (Å²) in [6, 6.07) is 4.67. The second-order valence-corrected chi connectivity index (χ2v) is 6.10. The van der Waals surface area contributed by atoms with Gasteiger partial charge in [0.05, 0.1) is 6.54 Å². The van der Waals surface area contributed by atoms with E-state index in [2.05, 4.69) is 28.7 Å². The van der Waals surface area contributed by atoms with Crippen LogP contribution in [0.15, 0.2) is 17.5 Å². The molecule has 1 aromatic rings. The predicted molar refractivity (Wildman–Crippen MR) is 72.4 cm³/mol. The molecule has 2 aliphatic heterocycles. The van der Waals surface area contributed by atoms with Crippen molar-refractivity contribution in [3.63, 3.8) is 0 Å². The summed E-state index contributed by atoms with van der Waals surface area (Å²) >= 11 is 1.71. The number of nitrogens with zero attached hydrogens (tertiary/aromatic N) is 2. The first-order valence-electron chi connectivity index (χ1n) is 6.52. The highest BCUT2D eigenvalue weighted by Gasteiger charge is 2.35. The van der Waals surface area contributed by atoms with E-state index in [9.17, 15) is 4.79 Å². The van der Waals surface area contributed by atoms with E-state index in [4.69, 9.17) is 0 Å². The molecule has 4 nitrogen and oxygen atoms in total. The van der Waals surface area contributed by atoms with Crippen molar-refractivity contribution in [2.24, 2.45) is 0 Å². The van der Waals surface area contributed by atoms with Gasteiger partial charge in [0.2, 0.25) is 5.91 Å². The Balaban J connectivity index is 1.73. The van der Waals surface area contributed by atoms with E-state index in [0.717, 1.165) is 13.1 Å². The molecule has 3 rings (SSSR count). The number of thiophene rings is 1. The Morgan fingerprint density at radius 1 is 1.56 bits per heavy atom. The average molecular weight is 265 g/mol. The highest BCUT2D eigenvalue weighted by Crippen LogP contribution is 2.28. The normalized spacial score (nSPS) is 29.4. The quantitative estimate of drug-likeness (QED) is 0.894. The fourth-order valence-electron chi connectivity index (χ4n) is 2.88. The minimum atomic E-state index is 0.0894. The Morgan fingerprint density at radius 3 is 3.11 bits per heavy atom. The number of hydrogen-bond donors (Lipinski definition) is 1. The summed E-state index contributed by atoms with van der Waals surface area (Å²) in [5, 5.41) is 5.39. The zero-order valence-electron chi connectivity index (χ0n) is 10.6. The lowest BCUT2D eigenvalue weighted by Crippen LogP contribution is -2.41. The molecule has 2 fully saturated rings. The molecule has 2 aliphatic rings. The zero-order chi connectivity index (χ0) is 12.5. The third-order valence-electron chi connectivity index (χ3n) is 3.97.